The number of carbonyl (C=O) groups is 1. The predicted molar refractivity (Wildman–Crippen MR) is 111 cm³/mol. The van der Waals surface area contributed by atoms with Crippen molar-refractivity contribution in [3.8, 4) is 0 Å². The van der Waals surface area contributed by atoms with Gasteiger partial charge in [0, 0.05) is 63.0 Å². The van der Waals surface area contributed by atoms with Crippen LogP contribution in [0.5, 0.6) is 0 Å². The lowest BCUT2D eigenvalue weighted by Crippen LogP contribution is -2.73. The summed E-state index contributed by atoms with van der Waals surface area (Å²) in [5, 5.41) is 0. The van der Waals surface area contributed by atoms with E-state index in [-0.39, 0.29) is 34.4 Å². The van der Waals surface area contributed by atoms with Gasteiger partial charge in [-0.3, -0.25) is 4.79 Å². The lowest BCUT2D eigenvalue weighted by atomic mass is 9.38. The van der Waals surface area contributed by atoms with E-state index in [1.807, 2.05) is 14.2 Å². The summed E-state index contributed by atoms with van der Waals surface area (Å²) in [5.41, 5.74) is 1.60. The van der Waals surface area contributed by atoms with Crippen LogP contribution in [-0.2, 0) is 19.0 Å². The van der Waals surface area contributed by atoms with Crippen molar-refractivity contribution in [3.05, 3.63) is 11.6 Å². The molecule has 0 radical (unpaired) electrons. The second-order valence-corrected chi connectivity index (χ2v) is 10.4. The highest BCUT2D eigenvalue weighted by molar-refractivity contribution is 5.87. The third-order valence-electron chi connectivity index (χ3n) is 9.76. The number of nitrogens with zero attached hydrogens (tertiary/aromatic N) is 1. The van der Waals surface area contributed by atoms with Gasteiger partial charge < -0.3 is 19.1 Å². The van der Waals surface area contributed by atoms with Crippen LogP contribution in [0, 0.1) is 28.1 Å². The van der Waals surface area contributed by atoms with Crippen molar-refractivity contribution >= 4 is 5.78 Å². The molecule has 4 aliphatic carbocycles. The quantitative estimate of drug-likeness (QED) is 0.660. The van der Waals surface area contributed by atoms with Gasteiger partial charge in [-0.1, -0.05) is 18.6 Å². The normalized spacial score (nSPS) is 48.8. The summed E-state index contributed by atoms with van der Waals surface area (Å²) >= 11 is 0. The molecule has 3 saturated carbocycles. The van der Waals surface area contributed by atoms with E-state index in [4.69, 9.17) is 14.2 Å². The minimum atomic E-state index is -0.0549. The lowest BCUT2D eigenvalue weighted by Gasteiger charge is -2.71. The maximum atomic E-state index is 13.3. The molecular weight excluding hydrogens is 366 g/mol. The number of hydrogen-bond acceptors (Lipinski definition) is 5. The summed E-state index contributed by atoms with van der Waals surface area (Å²) in [5.74, 6) is 0.992. The first-order valence-corrected chi connectivity index (χ1v) is 11.5. The molecule has 4 bridgehead atoms. The maximum Gasteiger partial charge on any atom is 0.139 e. The standard InChI is InChI=1S/C24H37NO4/c1-5-25-13-22(15-27-2)9-8-21(29-4)24(14-25)20(22)7-6-16-10-19(28-3)17-11-23(16,24)12-18(17)26/h6,17,19-21H,5,7-15H2,1-4H3/t17-,19-,20+,21-,22-,23+,24-/m0/s1. The number of hydrogen-bond donors (Lipinski definition) is 0. The van der Waals surface area contributed by atoms with Gasteiger partial charge in [0.05, 0.1) is 18.8 Å². The van der Waals surface area contributed by atoms with Crippen LogP contribution in [0.1, 0.15) is 45.4 Å². The molecule has 1 spiro atoms. The number of ether oxygens (including phenoxy) is 3. The van der Waals surface area contributed by atoms with Gasteiger partial charge in [-0.15, -0.1) is 0 Å². The molecule has 5 nitrogen and oxygen atoms in total. The average molecular weight is 404 g/mol. The van der Waals surface area contributed by atoms with Crippen molar-refractivity contribution in [1.82, 2.24) is 4.90 Å². The molecule has 162 valence electrons. The van der Waals surface area contributed by atoms with Gasteiger partial charge in [-0.05, 0) is 44.6 Å². The van der Waals surface area contributed by atoms with Crippen molar-refractivity contribution in [2.24, 2.45) is 28.1 Å². The first-order valence-electron chi connectivity index (χ1n) is 11.5. The van der Waals surface area contributed by atoms with Gasteiger partial charge in [0.15, 0.2) is 0 Å². The Morgan fingerprint density at radius 3 is 2.72 bits per heavy atom. The third kappa shape index (κ3) is 2.39. The van der Waals surface area contributed by atoms with Crippen LogP contribution >= 0.6 is 0 Å². The van der Waals surface area contributed by atoms with E-state index >= 15 is 0 Å². The Labute approximate surface area is 175 Å². The molecular formula is C24H37NO4. The largest absolute Gasteiger partial charge is 0.384 e. The highest BCUT2D eigenvalue weighted by atomic mass is 16.5. The minimum absolute atomic E-state index is 0.00000520. The molecule has 0 amide bonds. The molecule has 1 heterocycles. The minimum Gasteiger partial charge on any atom is -0.384 e. The van der Waals surface area contributed by atoms with Crippen molar-refractivity contribution in [2.45, 2.75) is 57.7 Å². The number of ketones is 1. The summed E-state index contributed by atoms with van der Waals surface area (Å²) in [7, 11) is 5.52. The van der Waals surface area contributed by atoms with E-state index < -0.39 is 0 Å². The molecule has 1 saturated heterocycles. The topological polar surface area (TPSA) is 48.0 Å². The molecule has 7 atom stereocenters. The molecule has 0 aromatic heterocycles. The molecule has 4 fully saturated rings. The number of fused-ring (bicyclic) bond motifs is 1. The number of allylic oxidation sites excluding steroid dienone is 1. The van der Waals surface area contributed by atoms with Crippen molar-refractivity contribution in [3.63, 3.8) is 0 Å². The van der Waals surface area contributed by atoms with E-state index in [1.54, 1.807) is 7.11 Å². The van der Waals surface area contributed by atoms with E-state index in [0.717, 1.165) is 58.3 Å². The summed E-state index contributed by atoms with van der Waals surface area (Å²) < 4.78 is 18.0. The van der Waals surface area contributed by atoms with E-state index in [1.165, 1.54) is 5.57 Å². The molecule has 5 heteroatoms. The predicted octanol–water partition coefficient (Wildman–Crippen LogP) is 3.08. The number of Topliss-reactive ketones (excluding diaryl/α,β-unsaturated/α-hetero) is 1. The fraction of sp³-hybridized carbons (Fsp3) is 0.875. The number of methoxy groups -OCH3 is 3. The summed E-state index contributed by atoms with van der Waals surface area (Å²) in [6, 6.07) is 0. The SMILES string of the molecule is CCN1C[C@]2(COC)CC[C@H](OC)[C@]3(C1)[C@@H]2CC=C1C[C@H](OC)[C@H]2C[C@@]13CC2=O. The van der Waals surface area contributed by atoms with Crippen LogP contribution < -0.4 is 0 Å². The van der Waals surface area contributed by atoms with Crippen molar-refractivity contribution in [2.75, 3.05) is 47.6 Å². The number of piperidine rings is 1. The van der Waals surface area contributed by atoms with Gasteiger partial charge in [-0.25, -0.2) is 0 Å². The highest BCUT2D eigenvalue weighted by Crippen LogP contribution is 2.74. The van der Waals surface area contributed by atoms with Crippen molar-refractivity contribution < 1.29 is 19.0 Å². The van der Waals surface area contributed by atoms with Gasteiger partial charge >= 0.3 is 0 Å². The van der Waals surface area contributed by atoms with E-state index in [0.29, 0.717) is 18.1 Å². The zero-order valence-electron chi connectivity index (χ0n) is 18.5. The summed E-state index contributed by atoms with van der Waals surface area (Å²) in [6.07, 6.45) is 8.64. The fourth-order valence-corrected chi connectivity index (χ4v) is 8.77. The zero-order chi connectivity index (χ0) is 20.4. The monoisotopic (exact) mass is 403 g/mol. The molecule has 1 aliphatic heterocycles. The molecule has 29 heavy (non-hydrogen) atoms. The van der Waals surface area contributed by atoms with E-state index in [9.17, 15) is 4.79 Å². The Morgan fingerprint density at radius 1 is 1.21 bits per heavy atom. The number of likely N-dealkylation sites (tertiary alicyclic amines) is 1. The van der Waals surface area contributed by atoms with E-state index in [2.05, 4.69) is 17.9 Å². The highest BCUT2D eigenvalue weighted by Gasteiger charge is 2.74. The lowest BCUT2D eigenvalue weighted by molar-refractivity contribution is -0.246. The Balaban J connectivity index is 1.70. The molecule has 5 rings (SSSR count). The Bertz CT molecular complexity index is 722. The third-order valence-corrected chi connectivity index (χ3v) is 9.76. The zero-order valence-corrected chi connectivity index (χ0v) is 18.5. The van der Waals surface area contributed by atoms with Crippen LogP contribution in [0.15, 0.2) is 11.6 Å². The number of rotatable bonds is 5. The van der Waals surface area contributed by atoms with Crippen LogP contribution in [0.25, 0.3) is 0 Å². The second-order valence-electron chi connectivity index (χ2n) is 10.4. The van der Waals surface area contributed by atoms with Crippen LogP contribution in [0.3, 0.4) is 0 Å². The Hall–Kier alpha value is -0.750. The number of carbonyl (C=O) groups excluding carboxylic acids is 1. The fourth-order valence-electron chi connectivity index (χ4n) is 8.77. The van der Waals surface area contributed by atoms with Crippen LogP contribution in [0.2, 0.25) is 0 Å². The summed E-state index contributed by atoms with van der Waals surface area (Å²) in [4.78, 5) is 15.9. The molecule has 0 aromatic carbocycles. The Morgan fingerprint density at radius 2 is 2.03 bits per heavy atom. The second kappa shape index (κ2) is 6.88. The van der Waals surface area contributed by atoms with Gasteiger partial charge in [0.2, 0.25) is 0 Å². The molecule has 0 N–H and O–H groups in total. The smallest absolute Gasteiger partial charge is 0.139 e. The van der Waals surface area contributed by atoms with Gasteiger partial charge in [0.25, 0.3) is 0 Å². The Kier molecular flexibility index (Phi) is 4.78. The van der Waals surface area contributed by atoms with Gasteiger partial charge in [0.1, 0.15) is 5.78 Å². The molecule has 5 aliphatic rings. The van der Waals surface area contributed by atoms with Crippen LogP contribution in [0.4, 0.5) is 0 Å². The molecule has 0 aromatic rings. The average Bonchev–Trinajstić information content (AvgIpc) is 3.01. The maximum absolute atomic E-state index is 13.3. The summed E-state index contributed by atoms with van der Waals surface area (Å²) in [6.45, 7) is 6.29. The first-order chi connectivity index (χ1) is 14.0. The first kappa shape index (κ1) is 20.2. The van der Waals surface area contributed by atoms with Crippen LogP contribution in [-0.4, -0.2) is 70.5 Å². The molecule has 0 unspecified atom stereocenters. The van der Waals surface area contributed by atoms with Crippen molar-refractivity contribution in [1.29, 1.82) is 0 Å². The van der Waals surface area contributed by atoms with Gasteiger partial charge in [-0.2, -0.15) is 0 Å².